The number of aromatic nitrogens is 2. The number of allylic oxidation sites excluding steroid dienone is 2. The summed E-state index contributed by atoms with van der Waals surface area (Å²) in [5.74, 6) is -1.38. The van der Waals surface area contributed by atoms with Crippen LogP contribution in [0.5, 0.6) is 0 Å². The quantitative estimate of drug-likeness (QED) is 0.516. The van der Waals surface area contributed by atoms with Gasteiger partial charge in [-0.2, -0.15) is 4.98 Å². The van der Waals surface area contributed by atoms with Crippen LogP contribution in [0.1, 0.15) is 42.6 Å². The Kier molecular flexibility index (Phi) is 5.18. The van der Waals surface area contributed by atoms with Crippen molar-refractivity contribution in [3.8, 4) is 0 Å². The zero-order valence-corrected chi connectivity index (χ0v) is 17.1. The number of anilines is 2. The molecule has 0 fully saturated rings. The lowest BCUT2D eigenvalue weighted by molar-refractivity contribution is -0.125. The molecule has 1 atom stereocenters. The zero-order chi connectivity index (χ0) is 22.2. The van der Waals surface area contributed by atoms with Crippen LogP contribution in [0.4, 0.5) is 21.8 Å². The highest BCUT2D eigenvalue weighted by atomic mass is 19.1. The summed E-state index contributed by atoms with van der Waals surface area (Å²) in [4.78, 5) is 36.8. The van der Waals surface area contributed by atoms with Gasteiger partial charge >= 0.3 is 0 Å². The van der Waals surface area contributed by atoms with Crippen LogP contribution in [0.2, 0.25) is 0 Å². The number of rotatable bonds is 4. The van der Waals surface area contributed by atoms with E-state index in [9.17, 15) is 14.0 Å². The Morgan fingerprint density at radius 1 is 1.35 bits per heavy atom. The van der Waals surface area contributed by atoms with Crippen molar-refractivity contribution in [3.63, 3.8) is 0 Å². The summed E-state index contributed by atoms with van der Waals surface area (Å²) in [6.45, 7) is 3.47. The zero-order valence-electron chi connectivity index (χ0n) is 17.1. The van der Waals surface area contributed by atoms with Crippen LogP contribution in [0.3, 0.4) is 0 Å². The average molecular weight is 420 g/mol. The Labute approximate surface area is 178 Å². The lowest BCUT2D eigenvalue weighted by Crippen LogP contribution is -2.48. The topological polar surface area (TPSA) is 120 Å². The number of carbonyl (C=O) groups excluding carboxylic acids is 2. The van der Waals surface area contributed by atoms with Gasteiger partial charge in [-0.1, -0.05) is 12.1 Å². The molecule has 2 aromatic rings. The molecule has 158 valence electrons. The minimum atomic E-state index is -0.852. The molecule has 0 bridgehead atoms. The van der Waals surface area contributed by atoms with E-state index in [4.69, 9.17) is 5.41 Å². The molecule has 0 radical (unpaired) electrons. The van der Waals surface area contributed by atoms with E-state index in [1.807, 2.05) is 12.2 Å². The van der Waals surface area contributed by atoms with Crippen molar-refractivity contribution in [2.45, 2.75) is 32.1 Å². The van der Waals surface area contributed by atoms with Gasteiger partial charge in [0, 0.05) is 29.1 Å². The first-order valence-electron chi connectivity index (χ1n) is 9.84. The molecule has 4 rings (SSSR count). The fourth-order valence-electron chi connectivity index (χ4n) is 3.53. The van der Waals surface area contributed by atoms with Crippen molar-refractivity contribution < 1.29 is 14.0 Å². The van der Waals surface area contributed by atoms with E-state index >= 15 is 0 Å². The van der Waals surface area contributed by atoms with E-state index < -0.39 is 17.1 Å². The maximum absolute atomic E-state index is 14.3. The number of imide groups is 1. The summed E-state index contributed by atoms with van der Waals surface area (Å²) in [6, 6.07) is 4.91. The van der Waals surface area contributed by atoms with Crippen molar-refractivity contribution in [2.24, 2.45) is 10.9 Å². The van der Waals surface area contributed by atoms with Crippen molar-refractivity contribution >= 4 is 41.2 Å². The molecule has 8 nitrogen and oxygen atoms in total. The van der Waals surface area contributed by atoms with E-state index in [2.05, 4.69) is 25.6 Å². The van der Waals surface area contributed by atoms with Crippen LogP contribution in [-0.2, 0) is 10.2 Å². The standard InChI is InChI=1S/C22H21FN6O2/c1-22(2)16-8-7-14(9-15(16)19(30)29-20(22)31)26-18-17(23)11-25-21(28-18)27-13-5-3-12(10-24)4-6-13/h3,5,7-12,24H,4,6H2,1-2H3,(H,25,26,28)(H,29,30,31). The molecule has 2 heterocycles. The molecule has 9 heteroatoms. The summed E-state index contributed by atoms with van der Waals surface area (Å²) < 4.78 is 14.3. The van der Waals surface area contributed by atoms with E-state index in [0.29, 0.717) is 23.2 Å². The molecule has 1 unspecified atom stereocenters. The number of benzene rings is 1. The second-order valence-electron chi connectivity index (χ2n) is 7.99. The predicted octanol–water partition coefficient (Wildman–Crippen LogP) is 3.60. The van der Waals surface area contributed by atoms with Gasteiger partial charge in [0.15, 0.2) is 11.6 Å². The SMILES string of the molecule is CC1(C)C(=O)NC(=O)c2cc(Nc3nc(N=C4C=CC(C=N)CC4)ncc3F)ccc21. The van der Waals surface area contributed by atoms with Crippen LogP contribution < -0.4 is 10.6 Å². The first kappa shape index (κ1) is 20.5. The summed E-state index contributed by atoms with van der Waals surface area (Å²) in [5.41, 5.74) is 1.30. The molecule has 2 aliphatic rings. The molecular weight excluding hydrogens is 399 g/mol. The number of halogens is 1. The van der Waals surface area contributed by atoms with Crippen LogP contribution in [0.15, 0.2) is 41.5 Å². The Balaban J connectivity index is 1.61. The number of amides is 2. The van der Waals surface area contributed by atoms with Gasteiger partial charge in [0.25, 0.3) is 11.9 Å². The summed E-state index contributed by atoms with van der Waals surface area (Å²) in [7, 11) is 0. The average Bonchev–Trinajstić information content (AvgIpc) is 2.75. The molecule has 1 aliphatic heterocycles. The van der Waals surface area contributed by atoms with Gasteiger partial charge in [-0.25, -0.2) is 14.4 Å². The molecule has 31 heavy (non-hydrogen) atoms. The Bertz CT molecular complexity index is 1150. The van der Waals surface area contributed by atoms with Crippen LogP contribution in [0, 0.1) is 17.1 Å². The Morgan fingerprint density at radius 2 is 2.16 bits per heavy atom. The van der Waals surface area contributed by atoms with Gasteiger partial charge in [0.1, 0.15) is 0 Å². The molecule has 0 saturated heterocycles. The van der Waals surface area contributed by atoms with Gasteiger partial charge in [-0.15, -0.1) is 0 Å². The fourth-order valence-corrected chi connectivity index (χ4v) is 3.53. The second-order valence-corrected chi connectivity index (χ2v) is 7.99. The molecular formula is C22H21FN6O2. The lowest BCUT2D eigenvalue weighted by Gasteiger charge is -2.30. The smallest absolute Gasteiger partial charge is 0.258 e. The minimum absolute atomic E-state index is 0.0713. The number of hydrogen-bond acceptors (Lipinski definition) is 7. The number of nitrogens with one attached hydrogen (secondary N) is 3. The number of aliphatic imine (C=N–C) groups is 1. The van der Waals surface area contributed by atoms with Crippen LogP contribution >= 0.6 is 0 Å². The van der Waals surface area contributed by atoms with E-state index in [-0.39, 0.29) is 23.6 Å². The number of nitrogens with zero attached hydrogens (tertiary/aromatic N) is 3. The third-order valence-electron chi connectivity index (χ3n) is 5.45. The van der Waals surface area contributed by atoms with Gasteiger partial charge < -0.3 is 10.7 Å². The predicted molar refractivity (Wildman–Crippen MR) is 115 cm³/mol. The molecule has 2 amide bonds. The Hall–Kier alpha value is -3.75. The first-order valence-corrected chi connectivity index (χ1v) is 9.84. The highest BCUT2D eigenvalue weighted by molar-refractivity contribution is 6.13. The van der Waals surface area contributed by atoms with E-state index in [1.165, 1.54) is 6.21 Å². The number of hydrogen-bond donors (Lipinski definition) is 3. The third-order valence-corrected chi connectivity index (χ3v) is 5.45. The van der Waals surface area contributed by atoms with Crippen molar-refractivity contribution in [1.82, 2.24) is 15.3 Å². The molecule has 1 aromatic heterocycles. The molecule has 0 spiro atoms. The molecule has 1 aromatic carbocycles. The van der Waals surface area contributed by atoms with Gasteiger partial charge in [-0.05, 0) is 50.5 Å². The molecule has 1 aliphatic carbocycles. The van der Waals surface area contributed by atoms with Crippen LogP contribution in [0.25, 0.3) is 0 Å². The van der Waals surface area contributed by atoms with Crippen molar-refractivity contribution in [1.29, 1.82) is 5.41 Å². The maximum atomic E-state index is 14.3. The monoisotopic (exact) mass is 420 g/mol. The highest BCUT2D eigenvalue weighted by Gasteiger charge is 2.39. The normalized spacial score (nSPS) is 20.9. The number of carbonyl (C=O) groups is 2. The van der Waals surface area contributed by atoms with Crippen molar-refractivity contribution in [3.05, 3.63) is 53.5 Å². The van der Waals surface area contributed by atoms with E-state index in [0.717, 1.165) is 18.3 Å². The van der Waals surface area contributed by atoms with Crippen LogP contribution in [-0.4, -0.2) is 33.7 Å². The maximum Gasteiger partial charge on any atom is 0.258 e. The lowest BCUT2D eigenvalue weighted by atomic mass is 9.78. The van der Waals surface area contributed by atoms with Gasteiger partial charge in [-0.3, -0.25) is 14.9 Å². The molecule has 3 N–H and O–H groups in total. The van der Waals surface area contributed by atoms with Crippen molar-refractivity contribution in [2.75, 3.05) is 5.32 Å². The summed E-state index contributed by atoms with van der Waals surface area (Å²) in [6.07, 6.45) is 7.59. The minimum Gasteiger partial charge on any atom is -0.338 e. The van der Waals surface area contributed by atoms with Gasteiger partial charge in [0.05, 0.1) is 11.6 Å². The Morgan fingerprint density at radius 3 is 2.87 bits per heavy atom. The summed E-state index contributed by atoms with van der Waals surface area (Å²) in [5, 5.41) is 12.5. The number of fused-ring (bicyclic) bond motifs is 1. The highest BCUT2D eigenvalue weighted by Crippen LogP contribution is 2.33. The van der Waals surface area contributed by atoms with E-state index in [1.54, 1.807) is 32.0 Å². The second kappa shape index (κ2) is 7.82. The summed E-state index contributed by atoms with van der Waals surface area (Å²) >= 11 is 0. The molecule has 0 saturated carbocycles. The fraction of sp³-hybridized carbons (Fsp3) is 0.273. The largest absolute Gasteiger partial charge is 0.338 e. The van der Waals surface area contributed by atoms with Gasteiger partial charge in [0.2, 0.25) is 5.91 Å². The third kappa shape index (κ3) is 3.98. The first-order chi connectivity index (χ1) is 14.8.